The third kappa shape index (κ3) is 2.05. The van der Waals surface area contributed by atoms with E-state index in [1.165, 1.54) is 5.56 Å². The average Bonchev–Trinajstić information content (AvgIpc) is 3.15. The lowest BCUT2D eigenvalue weighted by Gasteiger charge is -2.22. The van der Waals surface area contributed by atoms with E-state index in [4.69, 9.17) is 0 Å². The van der Waals surface area contributed by atoms with Crippen LogP contribution in [0.15, 0.2) is 30.7 Å². The highest BCUT2D eigenvalue weighted by Gasteiger charge is 2.27. The standard InChI is InChI=1S/C15H16N6O/c1-20-12-8-10(2-3-11(12)9-18-20)15(22)19-14-4-6-16-13-5-7-17-21(13)14/h4-7,9-10H,2-3,8H2,1H3,(H,19,22). The second-order valence-electron chi connectivity index (χ2n) is 5.60. The van der Waals surface area contributed by atoms with E-state index in [1.807, 2.05) is 17.9 Å². The van der Waals surface area contributed by atoms with E-state index in [1.54, 1.807) is 29.0 Å². The van der Waals surface area contributed by atoms with Crippen LogP contribution < -0.4 is 5.32 Å². The van der Waals surface area contributed by atoms with Crippen molar-refractivity contribution in [3.8, 4) is 0 Å². The van der Waals surface area contributed by atoms with E-state index in [2.05, 4.69) is 20.5 Å². The Balaban J connectivity index is 1.56. The highest BCUT2D eigenvalue weighted by Crippen LogP contribution is 2.26. The number of nitrogens with zero attached hydrogens (tertiary/aromatic N) is 5. The maximum absolute atomic E-state index is 12.6. The number of hydrogen-bond acceptors (Lipinski definition) is 4. The Morgan fingerprint density at radius 2 is 2.23 bits per heavy atom. The third-order valence-corrected chi connectivity index (χ3v) is 4.26. The van der Waals surface area contributed by atoms with E-state index in [0.29, 0.717) is 5.82 Å². The molecule has 4 rings (SSSR count). The van der Waals surface area contributed by atoms with Crippen LogP contribution >= 0.6 is 0 Å². The lowest BCUT2D eigenvalue weighted by molar-refractivity contribution is -0.120. The van der Waals surface area contributed by atoms with Gasteiger partial charge in [-0.15, -0.1) is 0 Å². The largest absolute Gasteiger partial charge is 0.310 e. The van der Waals surface area contributed by atoms with Gasteiger partial charge in [-0.1, -0.05) is 0 Å². The highest BCUT2D eigenvalue weighted by molar-refractivity contribution is 5.92. The van der Waals surface area contributed by atoms with E-state index in [9.17, 15) is 4.79 Å². The molecule has 112 valence electrons. The summed E-state index contributed by atoms with van der Waals surface area (Å²) in [4.78, 5) is 16.8. The molecule has 0 aliphatic heterocycles. The number of amides is 1. The van der Waals surface area contributed by atoms with Gasteiger partial charge in [-0.3, -0.25) is 9.48 Å². The summed E-state index contributed by atoms with van der Waals surface area (Å²) in [7, 11) is 1.93. The summed E-state index contributed by atoms with van der Waals surface area (Å²) in [5, 5.41) is 11.4. The highest BCUT2D eigenvalue weighted by atomic mass is 16.2. The molecule has 3 aromatic rings. The van der Waals surface area contributed by atoms with Crippen LogP contribution in [0.1, 0.15) is 17.7 Å². The first-order chi connectivity index (χ1) is 10.7. The van der Waals surface area contributed by atoms with Crippen molar-refractivity contribution in [2.45, 2.75) is 19.3 Å². The summed E-state index contributed by atoms with van der Waals surface area (Å²) in [6.45, 7) is 0. The van der Waals surface area contributed by atoms with E-state index in [0.717, 1.165) is 30.6 Å². The van der Waals surface area contributed by atoms with Crippen molar-refractivity contribution < 1.29 is 4.79 Å². The number of carbonyl (C=O) groups is 1. The van der Waals surface area contributed by atoms with Crippen molar-refractivity contribution in [3.05, 3.63) is 42.0 Å². The van der Waals surface area contributed by atoms with Gasteiger partial charge in [-0.05, 0) is 24.5 Å². The molecule has 1 atom stereocenters. The van der Waals surface area contributed by atoms with Gasteiger partial charge in [0.2, 0.25) is 5.91 Å². The van der Waals surface area contributed by atoms with Gasteiger partial charge in [0.15, 0.2) is 5.65 Å². The summed E-state index contributed by atoms with van der Waals surface area (Å²) >= 11 is 0. The van der Waals surface area contributed by atoms with Crippen molar-refractivity contribution in [2.75, 3.05) is 5.32 Å². The number of aromatic nitrogens is 5. The summed E-state index contributed by atoms with van der Waals surface area (Å²) in [6.07, 6.45) is 7.71. The number of aryl methyl sites for hydroxylation is 2. The SMILES string of the molecule is Cn1ncc2c1CC(C(=O)Nc1ccnc3ccnn13)CC2. The number of fused-ring (bicyclic) bond motifs is 2. The first kappa shape index (κ1) is 13.0. The number of nitrogens with one attached hydrogen (secondary N) is 1. The van der Waals surface area contributed by atoms with Gasteiger partial charge in [-0.25, -0.2) is 4.98 Å². The minimum atomic E-state index is -0.0401. The molecule has 7 heteroatoms. The van der Waals surface area contributed by atoms with Crippen molar-refractivity contribution in [1.82, 2.24) is 24.4 Å². The zero-order chi connectivity index (χ0) is 15.1. The topological polar surface area (TPSA) is 77.1 Å². The van der Waals surface area contributed by atoms with Crippen molar-refractivity contribution >= 4 is 17.4 Å². The van der Waals surface area contributed by atoms with Gasteiger partial charge in [0, 0.05) is 37.3 Å². The molecule has 1 unspecified atom stereocenters. The fourth-order valence-electron chi connectivity index (χ4n) is 3.03. The predicted molar refractivity (Wildman–Crippen MR) is 80.3 cm³/mol. The molecule has 1 amide bonds. The predicted octanol–water partition coefficient (Wildman–Crippen LogP) is 1.21. The van der Waals surface area contributed by atoms with Gasteiger partial charge < -0.3 is 5.32 Å². The Bertz CT molecular complexity index is 849. The average molecular weight is 296 g/mol. The number of rotatable bonds is 2. The molecule has 3 aromatic heterocycles. The monoisotopic (exact) mass is 296 g/mol. The molecule has 0 fully saturated rings. The van der Waals surface area contributed by atoms with Crippen molar-refractivity contribution in [2.24, 2.45) is 13.0 Å². The Kier molecular flexibility index (Phi) is 2.92. The third-order valence-electron chi connectivity index (χ3n) is 4.26. The summed E-state index contributed by atoms with van der Waals surface area (Å²) in [5.41, 5.74) is 3.13. The number of anilines is 1. The summed E-state index contributed by atoms with van der Waals surface area (Å²) < 4.78 is 3.50. The molecule has 7 nitrogen and oxygen atoms in total. The molecule has 1 aliphatic carbocycles. The minimum Gasteiger partial charge on any atom is -0.310 e. The van der Waals surface area contributed by atoms with Crippen LogP contribution in [0.4, 0.5) is 5.82 Å². The Hall–Kier alpha value is -2.70. The number of hydrogen-bond donors (Lipinski definition) is 1. The fourth-order valence-corrected chi connectivity index (χ4v) is 3.03. The van der Waals surface area contributed by atoms with E-state index >= 15 is 0 Å². The van der Waals surface area contributed by atoms with Crippen molar-refractivity contribution in [1.29, 1.82) is 0 Å². The molecular formula is C15H16N6O. The van der Waals surface area contributed by atoms with Gasteiger partial charge in [0.1, 0.15) is 5.82 Å². The molecule has 1 N–H and O–H groups in total. The van der Waals surface area contributed by atoms with Crippen LogP contribution in [0.3, 0.4) is 0 Å². The first-order valence-electron chi connectivity index (χ1n) is 7.32. The first-order valence-corrected chi connectivity index (χ1v) is 7.32. The molecule has 0 aromatic carbocycles. The maximum atomic E-state index is 12.6. The maximum Gasteiger partial charge on any atom is 0.229 e. The van der Waals surface area contributed by atoms with Crippen LogP contribution in [-0.4, -0.2) is 30.3 Å². The smallest absolute Gasteiger partial charge is 0.229 e. The Morgan fingerprint density at radius 1 is 1.32 bits per heavy atom. The molecule has 0 bridgehead atoms. The van der Waals surface area contributed by atoms with Crippen LogP contribution in [0.2, 0.25) is 0 Å². The molecule has 3 heterocycles. The molecule has 1 aliphatic rings. The second kappa shape index (κ2) is 4.94. The molecular weight excluding hydrogens is 280 g/mol. The van der Waals surface area contributed by atoms with E-state index in [-0.39, 0.29) is 11.8 Å². The van der Waals surface area contributed by atoms with Gasteiger partial charge in [0.05, 0.1) is 12.4 Å². The number of carbonyl (C=O) groups excluding carboxylic acids is 1. The lowest BCUT2D eigenvalue weighted by Crippen LogP contribution is -2.29. The van der Waals surface area contributed by atoms with Crippen LogP contribution in [0.5, 0.6) is 0 Å². The fraction of sp³-hybridized carbons (Fsp3) is 0.333. The summed E-state index contributed by atoms with van der Waals surface area (Å²) in [6, 6.07) is 3.56. The zero-order valence-corrected chi connectivity index (χ0v) is 12.2. The van der Waals surface area contributed by atoms with Crippen LogP contribution in [0, 0.1) is 5.92 Å². The minimum absolute atomic E-state index is 0.0230. The zero-order valence-electron chi connectivity index (χ0n) is 12.2. The molecule has 22 heavy (non-hydrogen) atoms. The van der Waals surface area contributed by atoms with Gasteiger partial charge in [-0.2, -0.15) is 14.7 Å². The molecule has 0 radical (unpaired) electrons. The van der Waals surface area contributed by atoms with Gasteiger partial charge >= 0.3 is 0 Å². The Morgan fingerprint density at radius 3 is 3.14 bits per heavy atom. The Labute approximate surface area is 127 Å². The van der Waals surface area contributed by atoms with Crippen LogP contribution in [-0.2, 0) is 24.7 Å². The normalized spacial score (nSPS) is 17.4. The van der Waals surface area contributed by atoms with E-state index < -0.39 is 0 Å². The van der Waals surface area contributed by atoms with Gasteiger partial charge in [0.25, 0.3) is 0 Å². The van der Waals surface area contributed by atoms with Crippen LogP contribution in [0.25, 0.3) is 5.65 Å². The molecule has 0 saturated heterocycles. The second-order valence-corrected chi connectivity index (χ2v) is 5.60. The summed E-state index contributed by atoms with van der Waals surface area (Å²) in [5.74, 6) is 0.632. The molecule has 0 spiro atoms. The molecule has 0 saturated carbocycles. The quantitative estimate of drug-likeness (QED) is 0.771. The lowest BCUT2D eigenvalue weighted by atomic mass is 9.87. The van der Waals surface area contributed by atoms with Crippen molar-refractivity contribution in [3.63, 3.8) is 0 Å².